The van der Waals surface area contributed by atoms with Crippen molar-refractivity contribution in [1.29, 1.82) is 0 Å². The lowest BCUT2D eigenvalue weighted by Gasteiger charge is -2.39. The molecule has 2 aromatic heterocycles. The van der Waals surface area contributed by atoms with Crippen LogP contribution in [0.3, 0.4) is 0 Å². The first kappa shape index (κ1) is 25.0. The zero-order chi connectivity index (χ0) is 26.1. The average molecular weight is 531 g/mol. The Morgan fingerprint density at radius 3 is 2.58 bits per heavy atom. The average Bonchev–Trinajstić information content (AvgIpc) is 3.65. The van der Waals surface area contributed by atoms with Crippen molar-refractivity contribution < 1.29 is 4.74 Å². The summed E-state index contributed by atoms with van der Waals surface area (Å²) in [5.41, 5.74) is 5.27. The van der Waals surface area contributed by atoms with Gasteiger partial charge in [-0.2, -0.15) is 9.61 Å². The third-order valence-electron chi connectivity index (χ3n) is 7.95. The van der Waals surface area contributed by atoms with E-state index in [1.54, 1.807) is 6.20 Å². The third-order valence-corrected chi connectivity index (χ3v) is 8.19. The molecule has 2 aliphatic heterocycles. The van der Waals surface area contributed by atoms with Gasteiger partial charge in [-0.3, -0.25) is 0 Å². The first-order valence-corrected chi connectivity index (χ1v) is 14.1. The standard InChI is InChI=1S/C30H35ClN6O/c1-3-38-28-20-25(22-7-6-8-23(31)19-22)26(36-17-11-24(12-18-36)35-15-4-5-16-35)21-27(28)34(2)30-10-13-32-29-9-14-33-37(29)30/h6-10,13-14,19-21,24H,3-5,11-12,15-18H2,1-2H3. The fourth-order valence-corrected chi connectivity index (χ4v) is 6.21. The minimum Gasteiger partial charge on any atom is -0.492 e. The van der Waals surface area contributed by atoms with E-state index >= 15 is 0 Å². The number of nitrogens with zero attached hydrogens (tertiary/aromatic N) is 6. The van der Waals surface area contributed by atoms with Gasteiger partial charge in [0, 0.05) is 54.7 Å². The van der Waals surface area contributed by atoms with Crippen LogP contribution in [0.4, 0.5) is 17.2 Å². The van der Waals surface area contributed by atoms with Crippen molar-refractivity contribution in [2.45, 2.75) is 38.6 Å². The molecule has 2 fully saturated rings. The first-order valence-electron chi connectivity index (χ1n) is 13.7. The quantitative estimate of drug-likeness (QED) is 0.280. The van der Waals surface area contributed by atoms with E-state index in [1.165, 1.54) is 44.5 Å². The van der Waals surface area contributed by atoms with Gasteiger partial charge >= 0.3 is 0 Å². The fraction of sp³-hybridized carbons (Fsp3) is 0.400. The summed E-state index contributed by atoms with van der Waals surface area (Å²) in [7, 11) is 2.07. The molecule has 0 aliphatic carbocycles. The van der Waals surface area contributed by atoms with Crippen molar-refractivity contribution in [2.24, 2.45) is 0 Å². The van der Waals surface area contributed by atoms with E-state index in [9.17, 15) is 0 Å². The molecule has 0 bridgehead atoms. The van der Waals surface area contributed by atoms with Crippen LogP contribution in [0.2, 0.25) is 5.02 Å². The number of anilines is 3. The van der Waals surface area contributed by atoms with E-state index in [2.05, 4.69) is 50.0 Å². The molecule has 0 atom stereocenters. The molecule has 0 amide bonds. The number of piperidine rings is 1. The molecule has 2 saturated heterocycles. The van der Waals surface area contributed by atoms with Gasteiger partial charge in [-0.1, -0.05) is 23.7 Å². The molecule has 7 nitrogen and oxygen atoms in total. The Morgan fingerprint density at radius 1 is 1.00 bits per heavy atom. The van der Waals surface area contributed by atoms with Crippen molar-refractivity contribution in [2.75, 3.05) is 49.6 Å². The molecule has 0 saturated carbocycles. The highest BCUT2D eigenvalue weighted by molar-refractivity contribution is 6.30. The topological polar surface area (TPSA) is 49.1 Å². The summed E-state index contributed by atoms with van der Waals surface area (Å²) >= 11 is 6.46. The SMILES string of the molecule is CCOc1cc(-c2cccc(Cl)c2)c(N2CCC(N3CCCC3)CC2)cc1N(C)c1ccnc2ccnn12. The van der Waals surface area contributed by atoms with Crippen molar-refractivity contribution >= 4 is 34.4 Å². The molecule has 38 heavy (non-hydrogen) atoms. The monoisotopic (exact) mass is 530 g/mol. The molecule has 0 spiro atoms. The number of aromatic nitrogens is 3. The van der Waals surface area contributed by atoms with Crippen molar-refractivity contribution in [3.05, 3.63) is 65.9 Å². The second-order valence-corrected chi connectivity index (χ2v) is 10.6. The van der Waals surface area contributed by atoms with Gasteiger partial charge in [0.05, 0.1) is 18.5 Å². The molecule has 0 radical (unpaired) electrons. The molecule has 2 aromatic carbocycles. The van der Waals surface area contributed by atoms with E-state index < -0.39 is 0 Å². The first-order chi connectivity index (χ1) is 18.6. The number of hydrogen-bond acceptors (Lipinski definition) is 6. The van der Waals surface area contributed by atoms with Gasteiger partial charge in [-0.05, 0) is 81.6 Å². The zero-order valence-corrected chi connectivity index (χ0v) is 22.9. The van der Waals surface area contributed by atoms with Crippen LogP contribution < -0.4 is 14.5 Å². The number of likely N-dealkylation sites (tertiary alicyclic amines) is 1. The Hall–Kier alpha value is -3.29. The third kappa shape index (κ3) is 4.81. The van der Waals surface area contributed by atoms with E-state index in [1.807, 2.05) is 48.0 Å². The number of ether oxygens (including phenoxy) is 1. The predicted octanol–water partition coefficient (Wildman–Crippen LogP) is 6.28. The Labute approximate surface area is 229 Å². The zero-order valence-electron chi connectivity index (χ0n) is 22.2. The highest BCUT2D eigenvalue weighted by Crippen LogP contribution is 2.44. The van der Waals surface area contributed by atoms with Crippen LogP contribution in [-0.4, -0.2) is 65.4 Å². The predicted molar refractivity (Wildman–Crippen MR) is 155 cm³/mol. The van der Waals surface area contributed by atoms with Crippen LogP contribution in [-0.2, 0) is 0 Å². The Morgan fingerprint density at radius 2 is 1.82 bits per heavy atom. The molecule has 198 valence electrons. The molecule has 6 rings (SSSR count). The van der Waals surface area contributed by atoms with Crippen LogP contribution in [0, 0.1) is 0 Å². The van der Waals surface area contributed by atoms with Crippen molar-refractivity contribution in [1.82, 2.24) is 19.5 Å². The lowest BCUT2D eigenvalue weighted by atomic mass is 9.97. The molecular weight excluding hydrogens is 496 g/mol. The fourth-order valence-electron chi connectivity index (χ4n) is 6.02. The van der Waals surface area contributed by atoms with Gasteiger partial charge in [0.1, 0.15) is 11.6 Å². The largest absolute Gasteiger partial charge is 0.492 e. The second kappa shape index (κ2) is 10.8. The lowest BCUT2D eigenvalue weighted by molar-refractivity contribution is 0.208. The van der Waals surface area contributed by atoms with Gasteiger partial charge in [0.15, 0.2) is 5.65 Å². The maximum atomic E-state index is 6.46. The van der Waals surface area contributed by atoms with Crippen molar-refractivity contribution in [3.63, 3.8) is 0 Å². The van der Waals surface area contributed by atoms with Crippen LogP contribution in [0.1, 0.15) is 32.6 Å². The van der Waals surface area contributed by atoms with Gasteiger partial charge in [-0.15, -0.1) is 0 Å². The maximum Gasteiger partial charge on any atom is 0.157 e. The van der Waals surface area contributed by atoms with Gasteiger partial charge in [0.2, 0.25) is 0 Å². The minimum atomic E-state index is 0.573. The van der Waals surface area contributed by atoms with E-state index in [4.69, 9.17) is 16.3 Å². The summed E-state index contributed by atoms with van der Waals surface area (Å²) in [5, 5.41) is 5.25. The summed E-state index contributed by atoms with van der Waals surface area (Å²) in [6.07, 6.45) is 8.66. The van der Waals surface area contributed by atoms with Crippen molar-refractivity contribution in [3.8, 4) is 16.9 Å². The highest BCUT2D eigenvalue weighted by atomic mass is 35.5. The van der Waals surface area contributed by atoms with Gasteiger partial charge in [0.25, 0.3) is 0 Å². The number of halogens is 1. The molecule has 4 aromatic rings. The number of hydrogen-bond donors (Lipinski definition) is 0. The molecule has 0 unspecified atom stereocenters. The summed E-state index contributed by atoms with van der Waals surface area (Å²) in [4.78, 5) is 11.8. The van der Waals surface area contributed by atoms with Gasteiger partial charge < -0.3 is 19.4 Å². The maximum absolute atomic E-state index is 6.46. The molecule has 2 aliphatic rings. The molecular formula is C30H35ClN6O. The number of benzene rings is 2. The summed E-state index contributed by atoms with van der Waals surface area (Å²) in [6, 6.07) is 17.2. The van der Waals surface area contributed by atoms with Crippen LogP contribution in [0.25, 0.3) is 16.8 Å². The number of fused-ring (bicyclic) bond motifs is 1. The highest BCUT2D eigenvalue weighted by Gasteiger charge is 2.29. The smallest absolute Gasteiger partial charge is 0.157 e. The Balaban J connectivity index is 1.43. The van der Waals surface area contributed by atoms with E-state index in [-0.39, 0.29) is 0 Å². The molecule has 0 N–H and O–H groups in total. The van der Waals surface area contributed by atoms with E-state index in [0.29, 0.717) is 12.6 Å². The van der Waals surface area contributed by atoms with Crippen LogP contribution >= 0.6 is 11.6 Å². The van der Waals surface area contributed by atoms with E-state index in [0.717, 1.165) is 52.1 Å². The normalized spacial score (nSPS) is 16.9. The molecule has 4 heterocycles. The summed E-state index contributed by atoms with van der Waals surface area (Å²) in [5.74, 6) is 1.76. The van der Waals surface area contributed by atoms with Crippen LogP contribution in [0.15, 0.2) is 60.9 Å². The minimum absolute atomic E-state index is 0.573. The Kier molecular flexibility index (Phi) is 7.13. The second-order valence-electron chi connectivity index (χ2n) is 10.2. The Bertz CT molecular complexity index is 1410. The molecule has 8 heteroatoms. The summed E-state index contributed by atoms with van der Waals surface area (Å²) < 4.78 is 8.11. The lowest BCUT2D eigenvalue weighted by Crippen LogP contribution is -2.44. The number of rotatable bonds is 7. The summed E-state index contributed by atoms with van der Waals surface area (Å²) in [6.45, 7) is 7.17. The van der Waals surface area contributed by atoms with Crippen LogP contribution in [0.5, 0.6) is 5.75 Å². The van der Waals surface area contributed by atoms with Gasteiger partial charge in [-0.25, -0.2) is 4.98 Å².